The fraction of sp³-hybridized carbons (Fsp3) is 0.400. The molecular weight excluding hydrogens is 293 g/mol. The van der Waals surface area contributed by atoms with Crippen LogP contribution in [0.3, 0.4) is 0 Å². The molecule has 3 nitrogen and oxygen atoms in total. The Hall–Kier alpha value is -1.19. The van der Waals surface area contributed by atoms with Crippen LogP contribution in [0.15, 0.2) is 18.2 Å². The van der Waals surface area contributed by atoms with E-state index in [9.17, 15) is 0 Å². The first kappa shape index (κ1) is 15.2. The van der Waals surface area contributed by atoms with Gasteiger partial charge in [0.05, 0.1) is 15.7 Å². The highest BCUT2D eigenvalue weighted by Gasteiger charge is 2.24. The van der Waals surface area contributed by atoms with Gasteiger partial charge in [-0.05, 0) is 24.0 Å². The molecule has 1 aromatic carbocycles. The third-order valence-corrected chi connectivity index (χ3v) is 3.70. The average Bonchev–Trinajstić information content (AvgIpc) is 2.54. The van der Waals surface area contributed by atoms with Gasteiger partial charge in [0.1, 0.15) is 5.82 Å². The van der Waals surface area contributed by atoms with Crippen LogP contribution in [0.1, 0.15) is 26.5 Å². The van der Waals surface area contributed by atoms with Gasteiger partial charge in [0, 0.05) is 18.2 Å². The van der Waals surface area contributed by atoms with E-state index in [2.05, 4.69) is 25.9 Å². The summed E-state index contributed by atoms with van der Waals surface area (Å²) in [7, 11) is 1.83. The van der Waals surface area contributed by atoms with Crippen molar-refractivity contribution < 1.29 is 0 Å². The number of aryl methyl sites for hydroxylation is 1. The van der Waals surface area contributed by atoms with Crippen molar-refractivity contribution in [2.24, 2.45) is 12.5 Å². The monoisotopic (exact) mass is 311 g/mol. The molecule has 108 valence electrons. The van der Waals surface area contributed by atoms with E-state index in [1.807, 2.05) is 25.2 Å². The molecule has 0 aliphatic carbocycles. The summed E-state index contributed by atoms with van der Waals surface area (Å²) < 4.78 is 1.68. The van der Waals surface area contributed by atoms with Crippen LogP contribution >= 0.6 is 23.2 Å². The van der Waals surface area contributed by atoms with E-state index in [4.69, 9.17) is 28.9 Å². The Balaban J connectivity index is 2.67. The summed E-state index contributed by atoms with van der Waals surface area (Å²) >= 11 is 12.6. The van der Waals surface area contributed by atoms with Crippen LogP contribution in [0, 0.1) is 5.41 Å². The predicted octanol–water partition coefficient (Wildman–Crippen LogP) is 4.56. The lowest BCUT2D eigenvalue weighted by molar-refractivity contribution is 0.405. The van der Waals surface area contributed by atoms with Crippen molar-refractivity contribution in [1.82, 2.24) is 9.78 Å². The molecule has 0 atom stereocenters. The van der Waals surface area contributed by atoms with Crippen LogP contribution in [0.2, 0.25) is 10.0 Å². The predicted molar refractivity (Wildman–Crippen MR) is 86.2 cm³/mol. The Labute approximate surface area is 129 Å². The molecular formula is C15H19Cl2N3. The van der Waals surface area contributed by atoms with Crippen molar-refractivity contribution in [3.05, 3.63) is 33.9 Å². The zero-order valence-corrected chi connectivity index (χ0v) is 13.7. The fourth-order valence-electron chi connectivity index (χ4n) is 2.23. The minimum Gasteiger partial charge on any atom is -0.383 e. The highest BCUT2D eigenvalue weighted by Crippen LogP contribution is 2.41. The summed E-state index contributed by atoms with van der Waals surface area (Å²) in [6, 6.07) is 5.45. The standard InChI is InChI=1S/C15H19Cl2N3/c1-15(2,3)8-11-13(14(18)20(4)19-11)12-9(16)6-5-7-10(12)17/h5-7H,8,18H2,1-4H3. The number of rotatable bonds is 2. The number of hydrogen-bond acceptors (Lipinski definition) is 2. The molecule has 2 N–H and O–H groups in total. The van der Waals surface area contributed by atoms with Gasteiger partial charge in [0.15, 0.2) is 0 Å². The Kier molecular flexibility index (Phi) is 4.03. The number of aromatic nitrogens is 2. The van der Waals surface area contributed by atoms with Gasteiger partial charge in [-0.1, -0.05) is 50.0 Å². The highest BCUT2D eigenvalue weighted by molar-refractivity contribution is 6.39. The van der Waals surface area contributed by atoms with Crippen molar-refractivity contribution in [2.75, 3.05) is 5.73 Å². The maximum Gasteiger partial charge on any atom is 0.129 e. The molecule has 1 aromatic heterocycles. The van der Waals surface area contributed by atoms with Gasteiger partial charge in [0.25, 0.3) is 0 Å². The highest BCUT2D eigenvalue weighted by atomic mass is 35.5. The first-order valence-electron chi connectivity index (χ1n) is 6.46. The molecule has 0 spiro atoms. The van der Waals surface area contributed by atoms with Gasteiger partial charge in [-0.2, -0.15) is 5.10 Å². The molecule has 0 amide bonds. The molecule has 0 unspecified atom stereocenters. The number of anilines is 1. The summed E-state index contributed by atoms with van der Waals surface area (Å²) in [4.78, 5) is 0. The fourth-order valence-corrected chi connectivity index (χ4v) is 2.82. The number of benzene rings is 1. The second kappa shape index (κ2) is 5.30. The van der Waals surface area contributed by atoms with Gasteiger partial charge in [0.2, 0.25) is 0 Å². The first-order valence-corrected chi connectivity index (χ1v) is 7.22. The van der Waals surface area contributed by atoms with Gasteiger partial charge < -0.3 is 5.73 Å². The van der Waals surface area contributed by atoms with Crippen LogP contribution in [0.25, 0.3) is 11.1 Å². The lowest BCUT2D eigenvalue weighted by Crippen LogP contribution is -2.10. The zero-order chi connectivity index (χ0) is 15.1. The number of nitrogens with zero attached hydrogens (tertiary/aromatic N) is 2. The molecule has 1 heterocycles. The average molecular weight is 312 g/mol. The molecule has 5 heteroatoms. The second-order valence-electron chi connectivity index (χ2n) is 6.16. The lowest BCUT2D eigenvalue weighted by atomic mass is 9.88. The summed E-state index contributed by atoms with van der Waals surface area (Å²) in [6.07, 6.45) is 0.801. The maximum atomic E-state index is 6.31. The Bertz CT molecular complexity index is 619. The van der Waals surface area contributed by atoms with Gasteiger partial charge in [-0.25, -0.2) is 0 Å². The molecule has 0 bridgehead atoms. The minimum atomic E-state index is 0.100. The Morgan fingerprint density at radius 2 is 1.70 bits per heavy atom. The number of halogens is 2. The van der Waals surface area contributed by atoms with Gasteiger partial charge in [-0.3, -0.25) is 4.68 Å². The molecule has 0 saturated carbocycles. The summed E-state index contributed by atoms with van der Waals surface area (Å²) in [5.41, 5.74) is 8.81. The van der Waals surface area contributed by atoms with Crippen LogP contribution in [0.5, 0.6) is 0 Å². The van der Waals surface area contributed by atoms with Crippen molar-refractivity contribution in [3.8, 4) is 11.1 Å². The first-order chi connectivity index (χ1) is 9.20. The quantitative estimate of drug-likeness (QED) is 0.883. The summed E-state index contributed by atoms with van der Waals surface area (Å²) in [5.74, 6) is 0.583. The molecule has 2 rings (SSSR count). The van der Waals surface area contributed by atoms with Crippen molar-refractivity contribution in [2.45, 2.75) is 27.2 Å². The Morgan fingerprint density at radius 3 is 2.20 bits per heavy atom. The SMILES string of the molecule is Cn1nc(CC(C)(C)C)c(-c2c(Cl)cccc2Cl)c1N. The van der Waals surface area contributed by atoms with Gasteiger partial charge in [-0.15, -0.1) is 0 Å². The van der Waals surface area contributed by atoms with Crippen molar-refractivity contribution in [3.63, 3.8) is 0 Å². The Morgan fingerprint density at radius 1 is 1.15 bits per heavy atom. The molecule has 0 aliphatic rings. The maximum absolute atomic E-state index is 6.31. The molecule has 0 radical (unpaired) electrons. The molecule has 2 aromatic rings. The third kappa shape index (κ3) is 2.94. The number of nitrogens with two attached hydrogens (primary N) is 1. The molecule has 20 heavy (non-hydrogen) atoms. The normalized spacial score (nSPS) is 11.9. The van der Waals surface area contributed by atoms with E-state index in [0.717, 1.165) is 23.2 Å². The topological polar surface area (TPSA) is 43.8 Å². The van der Waals surface area contributed by atoms with Crippen molar-refractivity contribution in [1.29, 1.82) is 0 Å². The van der Waals surface area contributed by atoms with Crippen LogP contribution in [-0.2, 0) is 13.5 Å². The molecule has 0 saturated heterocycles. The van der Waals surface area contributed by atoms with Crippen LogP contribution < -0.4 is 5.73 Å². The smallest absolute Gasteiger partial charge is 0.129 e. The van der Waals surface area contributed by atoms with E-state index < -0.39 is 0 Å². The van der Waals surface area contributed by atoms with E-state index in [-0.39, 0.29) is 5.41 Å². The zero-order valence-electron chi connectivity index (χ0n) is 12.2. The van der Waals surface area contributed by atoms with E-state index >= 15 is 0 Å². The van der Waals surface area contributed by atoms with E-state index in [1.165, 1.54) is 0 Å². The van der Waals surface area contributed by atoms with Crippen LogP contribution in [-0.4, -0.2) is 9.78 Å². The summed E-state index contributed by atoms with van der Waals surface area (Å²) in [6.45, 7) is 6.49. The minimum absolute atomic E-state index is 0.100. The van der Waals surface area contributed by atoms with Gasteiger partial charge >= 0.3 is 0 Å². The number of nitrogen functional groups attached to an aromatic ring is 1. The van der Waals surface area contributed by atoms with E-state index in [0.29, 0.717) is 15.9 Å². The lowest BCUT2D eigenvalue weighted by Gasteiger charge is -2.18. The van der Waals surface area contributed by atoms with Crippen molar-refractivity contribution >= 4 is 29.0 Å². The summed E-state index contributed by atoms with van der Waals surface area (Å²) in [5, 5.41) is 5.71. The largest absolute Gasteiger partial charge is 0.383 e. The van der Waals surface area contributed by atoms with E-state index in [1.54, 1.807) is 4.68 Å². The number of hydrogen-bond donors (Lipinski definition) is 1. The third-order valence-electron chi connectivity index (χ3n) is 3.07. The van der Waals surface area contributed by atoms with Crippen LogP contribution in [0.4, 0.5) is 5.82 Å². The molecule has 0 aliphatic heterocycles. The second-order valence-corrected chi connectivity index (χ2v) is 6.98. The molecule has 0 fully saturated rings.